The number of halogens is 4. The number of carbonyl (C=O) groups excluding carboxylic acids is 1. The summed E-state index contributed by atoms with van der Waals surface area (Å²) in [6.45, 7) is 7.53. The minimum absolute atomic E-state index is 0. The molecule has 1 aliphatic rings. The van der Waals surface area contributed by atoms with Crippen LogP contribution >= 0.6 is 53.2 Å². The van der Waals surface area contributed by atoms with Crippen molar-refractivity contribution < 1.29 is 4.79 Å². The smallest absolute Gasteiger partial charge is 0.244 e. The van der Waals surface area contributed by atoms with Gasteiger partial charge in [-0.25, -0.2) is 0 Å². The second kappa shape index (κ2) is 12.3. The highest BCUT2D eigenvalue weighted by atomic mass is 79.9. The molecule has 1 unspecified atom stereocenters. The first kappa shape index (κ1) is 27.1. The summed E-state index contributed by atoms with van der Waals surface area (Å²) in [5.74, 6) is -0.135. The zero-order chi connectivity index (χ0) is 16.2. The van der Waals surface area contributed by atoms with Crippen molar-refractivity contribution in [1.82, 2.24) is 15.1 Å². The van der Waals surface area contributed by atoms with Crippen LogP contribution in [0.4, 0.5) is 0 Å². The number of benzene rings is 1. The number of amides is 1. The van der Waals surface area contributed by atoms with Gasteiger partial charge >= 0.3 is 0 Å². The van der Waals surface area contributed by atoms with E-state index in [0.29, 0.717) is 6.54 Å². The Bertz CT molecular complexity index is 509. The molecule has 0 spiro atoms. The number of piperazine rings is 1. The highest BCUT2D eigenvalue weighted by Gasteiger charge is 2.30. The molecule has 2 rings (SSSR count). The Balaban J connectivity index is 0. The molecule has 0 bridgehead atoms. The zero-order valence-corrected chi connectivity index (χ0v) is 18.6. The van der Waals surface area contributed by atoms with Gasteiger partial charge in [0, 0.05) is 43.7 Å². The van der Waals surface area contributed by atoms with Crippen LogP contribution < -0.4 is 11.1 Å². The molecule has 1 aliphatic heterocycles. The van der Waals surface area contributed by atoms with Crippen molar-refractivity contribution in [2.45, 2.75) is 12.5 Å². The van der Waals surface area contributed by atoms with Crippen LogP contribution in [0.25, 0.3) is 0 Å². The van der Waals surface area contributed by atoms with E-state index in [2.05, 4.69) is 38.1 Å². The Kier molecular flexibility index (Phi) is 13.4. The minimum atomic E-state index is -1.01. The van der Waals surface area contributed by atoms with E-state index in [1.165, 1.54) is 0 Å². The first-order valence-electron chi connectivity index (χ1n) is 7.64. The van der Waals surface area contributed by atoms with Crippen LogP contribution in [0.2, 0.25) is 0 Å². The van der Waals surface area contributed by atoms with Crippen LogP contribution in [0.5, 0.6) is 0 Å². The van der Waals surface area contributed by atoms with Gasteiger partial charge in [0.15, 0.2) is 0 Å². The van der Waals surface area contributed by atoms with Gasteiger partial charge in [0.1, 0.15) is 5.54 Å². The summed E-state index contributed by atoms with van der Waals surface area (Å²) < 4.78 is 0.975. The molecular formula is C16H28BrCl3N4O. The minimum Gasteiger partial charge on any atom is -0.353 e. The number of likely N-dealkylation sites (N-methyl/N-ethyl adjacent to an activating group) is 1. The summed E-state index contributed by atoms with van der Waals surface area (Å²) in [5, 5.41) is 2.96. The molecule has 146 valence electrons. The quantitative estimate of drug-likeness (QED) is 0.682. The second-order valence-electron chi connectivity index (χ2n) is 6.11. The molecule has 1 aromatic carbocycles. The molecule has 1 aromatic rings. The number of carbonyl (C=O) groups is 1. The zero-order valence-electron chi connectivity index (χ0n) is 14.5. The number of nitrogens with zero attached hydrogens (tertiary/aromatic N) is 2. The molecule has 1 fully saturated rings. The second-order valence-corrected chi connectivity index (χ2v) is 7.03. The van der Waals surface area contributed by atoms with Gasteiger partial charge in [-0.3, -0.25) is 9.69 Å². The van der Waals surface area contributed by atoms with Gasteiger partial charge in [0.05, 0.1) is 0 Å². The molecule has 9 heteroatoms. The average molecular weight is 479 g/mol. The lowest BCUT2D eigenvalue weighted by atomic mass is 9.92. The Labute approximate surface area is 177 Å². The SMILES string of the molecule is CN1CCN(CCNC(=O)C(C)(N)c2ccc(Br)cc2)CC1.Cl.Cl.Cl. The third kappa shape index (κ3) is 7.99. The standard InChI is InChI=1S/C16H25BrN4O.3ClH/c1-16(18,13-3-5-14(17)6-4-13)15(22)19-7-8-21-11-9-20(2)10-12-21;;;/h3-6H,7-12,18H2,1-2H3,(H,19,22);3*1H. The van der Waals surface area contributed by atoms with Crippen LogP contribution in [-0.4, -0.2) is 62.0 Å². The summed E-state index contributed by atoms with van der Waals surface area (Å²) in [6, 6.07) is 7.56. The summed E-state index contributed by atoms with van der Waals surface area (Å²) in [6.07, 6.45) is 0. The number of nitrogens with one attached hydrogen (secondary N) is 1. The lowest BCUT2D eigenvalue weighted by Crippen LogP contribution is -2.51. The van der Waals surface area contributed by atoms with Gasteiger partial charge in [0.25, 0.3) is 0 Å². The van der Waals surface area contributed by atoms with Gasteiger partial charge in [-0.05, 0) is 31.7 Å². The fourth-order valence-corrected chi connectivity index (χ4v) is 2.77. The predicted molar refractivity (Wildman–Crippen MR) is 114 cm³/mol. The van der Waals surface area contributed by atoms with Crippen LogP contribution in [0, 0.1) is 0 Å². The van der Waals surface area contributed by atoms with Gasteiger partial charge in [0.2, 0.25) is 5.91 Å². The van der Waals surface area contributed by atoms with E-state index in [0.717, 1.165) is 42.8 Å². The molecule has 0 saturated carbocycles. The molecule has 0 aliphatic carbocycles. The molecule has 3 N–H and O–H groups in total. The predicted octanol–water partition coefficient (Wildman–Crippen LogP) is 2.25. The fraction of sp³-hybridized carbons (Fsp3) is 0.562. The van der Waals surface area contributed by atoms with E-state index in [-0.39, 0.29) is 43.1 Å². The molecule has 25 heavy (non-hydrogen) atoms. The molecule has 5 nitrogen and oxygen atoms in total. The average Bonchev–Trinajstić information content (AvgIpc) is 2.49. The van der Waals surface area contributed by atoms with E-state index in [4.69, 9.17) is 5.73 Å². The molecule has 0 radical (unpaired) electrons. The molecule has 1 heterocycles. The molecule has 1 amide bonds. The van der Waals surface area contributed by atoms with E-state index < -0.39 is 5.54 Å². The van der Waals surface area contributed by atoms with E-state index in [9.17, 15) is 4.79 Å². The topological polar surface area (TPSA) is 61.6 Å². The highest BCUT2D eigenvalue weighted by molar-refractivity contribution is 9.10. The number of hydrogen-bond donors (Lipinski definition) is 2. The molecule has 1 atom stereocenters. The van der Waals surface area contributed by atoms with Crippen LogP contribution in [-0.2, 0) is 10.3 Å². The third-order valence-electron chi connectivity index (χ3n) is 4.23. The van der Waals surface area contributed by atoms with Gasteiger partial charge in [-0.15, -0.1) is 37.2 Å². The first-order chi connectivity index (χ1) is 10.4. The Morgan fingerprint density at radius 1 is 1.16 bits per heavy atom. The normalized spacial score (nSPS) is 17.3. The van der Waals surface area contributed by atoms with Crippen LogP contribution in [0.3, 0.4) is 0 Å². The van der Waals surface area contributed by atoms with Crippen molar-refractivity contribution >= 4 is 59.1 Å². The van der Waals surface area contributed by atoms with Gasteiger partial charge in [-0.1, -0.05) is 28.1 Å². The third-order valence-corrected chi connectivity index (χ3v) is 4.75. The summed E-state index contributed by atoms with van der Waals surface area (Å²) in [4.78, 5) is 17.1. The lowest BCUT2D eigenvalue weighted by molar-refractivity contribution is -0.126. The molecule has 0 aromatic heterocycles. The summed E-state index contributed by atoms with van der Waals surface area (Å²) in [7, 11) is 2.14. The maximum absolute atomic E-state index is 12.4. The van der Waals surface area contributed by atoms with E-state index >= 15 is 0 Å². The number of nitrogens with two attached hydrogens (primary N) is 1. The van der Waals surface area contributed by atoms with E-state index in [1.807, 2.05) is 24.3 Å². The monoisotopic (exact) mass is 476 g/mol. The largest absolute Gasteiger partial charge is 0.353 e. The van der Waals surface area contributed by atoms with Gasteiger partial charge < -0.3 is 16.0 Å². The van der Waals surface area contributed by atoms with Crippen molar-refractivity contribution in [1.29, 1.82) is 0 Å². The van der Waals surface area contributed by atoms with Crippen LogP contribution in [0.1, 0.15) is 12.5 Å². The van der Waals surface area contributed by atoms with Crippen LogP contribution in [0.15, 0.2) is 28.7 Å². The summed E-state index contributed by atoms with van der Waals surface area (Å²) >= 11 is 3.39. The van der Waals surface area contributed by atoms with Crippen molar-refractivity contribution in [2.75, 3.05) is 46.3 Å². The van der Waals surface area contributed by atoms with E-state index in [1.54, 1.807) is 6.92 Å². The summed E-state index contributed by atoms with van der Waals surface area (Å²) in [5.41, 5.74) is 6.02. The van der Waals surface area contributed by atoms with Crippen molar-refractivity contribution in [3.05, 3.63) is 34.3 Å². The first-order valence-corrected chi connectivity index (χ1v) is 8.43. The maximum atomic E-state index is 12.4. The van der Waals surface area contributed by atoms with Crippen molar-refractivity contribution in [2.24, 2.45) is 5.73 Å². The number of rotatable bonds is 5. The molecule has 1 saturated heterocycles. The van der Waals surface area contributed by atoms with Crippen molar-refractivity contribution in [3.63, 3.8) is 0 Å². The lowest BCUT2D eigenvalue weighted by Gasteiger charge is -2.32. The maximum Gasteiger partial charge on any atom is 0.244 e. The Hall–Kier alpha value is -0.0800. The Morgan fingerprint density at radius 3 is 2.20 bits per heavy atom. The number of hydrogen-bond acceptors (Lipinski definition) is 4. The fourth-order valence-electron chi connectivity index (χ4n) is 2.51. The Morgan fingerprint density at radius 2 is 1.68 bits per heavy atom. The highest BCUT2D eigenvalue weighted by Crippen LogP contribution is 2.20. The van der Waals surface area contributed by atoms with Crippen molar-refractivity contribution in [3.8, 4) is 0 Å². The van der Waals surface area contributed by atoms with Gasteiger partial charge in [-0.2, -0.15) is 0 Å². The molecular weight excluding hydrogens is 450 g/mol.